The second kappa shape index (κ2) is 65.3. The molecule has 0 aromatic rings. The number of rotatable bonds is 31. The Morgan fingerprint density at radius 2 is 0.844 bits per heavy atom. The lowest BCUT2D eigenvalue weighted by Crippen LogP contribution is -2.37. The lowest BCUT2D eigenvalue weighted by atomic mass is 9.90. The minimum Gasteiger partial charge on any atom is -0.379 e. The molecule has 0 bridgehead atoms. The van der Waals surface area contributed by atoms with Crippen molar-refractivity contribution in [1.29, 1.82) is 0 Å². The summed E-state index contributed by atoms with van der Waals surface area (Å²) in [6, 6.07) is 0.634. The summed E-state index contributed by atoms with van der Waals surface area (Å²) in [5.74, 6) is 7.90. The van der Waals surface area contributed by atoms with E-state index in [0.717, 1.165) is 116 Å². The largest absolute Gasteiger partial charge is 0.379 e. The van der Waals surface area contributed by atoms with Gasteiger partial charge in [-0.2, -0.15) is 0 Å². The second-order valence-electron chi connectivity index (χ2n) is 45.8. The summed E-state index contributed by atoms with van der Waals surface area (Å²) in [7, 11) is 2.07. The van der Waals surface area contributed by atoms with Gasteiger partial charge in [0.05, 0.1) is 26.3 Å². The number of terminal acetylenes is 2. The molecule has 0 spiro atoms. The van der Waals surface area contributed by atoms with Crippen LogP contribution < -0.4 is 26.6 Å². The van der Waals surface area contributed by atoms with E-state index < -0.39 is 0 Å². The van der Waals surface area contributed by atoms with Crippen LogP contribution in [0.4, 0.5) is 0 Å². The molecule has 3 aliphatic rings. The van der Waals surface area contributed by atoms with Gasteiger partial charge < -0.3 is 41.1 Å². The molecule has 0 atom stereocenters. The molecule has 11 heteroatoms. The van der Waals surface area contributed by atoms with E-state index in [-0.39, 0.29) is 11.4 Å². The fourth-order valence-corrected chi connectivity index (χ4v) is 11.7. The van der Waals surface area contributed by atoms with Gasteiger partial charge in [-0.25, -0.2) is 0 Å². The Morgan fingerprint density at radius 1 is 0.450 bits per heavy atom. The Balaban J connectivity index is -0.000000274. The first-order chi connectivity index (χ1) is 49.5. The van der Waals surface area contributed by atoms with E-state index in [0.29, 0.717) is 61.3 Å². The van der Waals surface area contributed by atoms with Crippen LogP contribution in [-0.4, -0.2) is 175 Å². The van der Waals surface area contributed by atoms with Gasteiger partial charge in [0.15, 0.2) is 0 Å². The third kappa shape index (κ3) is 117. The fourth-order valence-electron chi connectivity index (χ4n) is 11.7. The van der Waals surface area contributed by atoms with E-state index in [1.807, 2.05) is 4.90 Å². The molecule has 0 aromatic heterocycles. The molecule has 3 aliphatic heterocycles. The molecule has 5 N–H and O–H groups in total. The number of piperidine rings is 2. The van der Waals surface area contributed by atoms with Crippen molar-refractivity contribution in [3.8, 4) is 24.7 Å². The molecule has 0 saturated carbocycles. The smallest absolute Gasteiger partial charge is 0.219 e. The number of amides is 1. The highest BCUT2D eigenvalue weighted by Crippen LogP contribution is 2.27. The van der Waals surface area contributed by atoms with Gasteiger partial charge in [-0.3, -0.25) is 14.6 Å². The van der Waals surface area contributed by atoms with Crippen LogP contribution in [0.5, 0.6) is 0 Å². The normalized spacial score (nSPS) is 15.2. The Hall–Kier alpha value is -1.77. The lowest BCUT2D eigenvalue weighted by Gasteiger charge is -2.31. The summed E-state index contributed by atoms with van der Waals surface area (Å²) < 4.78 is 5.31. The van der Waals surface area contributed by atoms with E-state index in [9.17, 15) is 4.79 Å². The summed E-state index contributed by atoms with van der Waals surface area (Å²) in [5.41, 5.74) is 4.54. The maximum Gasteiger partial charge on any atom is 0.219 e. The molecule has 0 unspecified atom stereocenters. The number of morpholine rings is 1. The number of ether oxygens (including phenoxy) is 1. The monoisotopic (exact) mass is 1540 g/mol. The lowest BCUT2D eigenvalue weighted by molar-refractivity contribution is -0.130. The van der Waals surface area contributed by atoms with Crippen LogP contribution in [0.3, 0.4) is 0 Å². The molecule has 3 rings (SSSR count). The average molecular weight is 1540 g/mol. The van der Waals surface area contributed by atoms with Crippen molar-refractivity contribution in [3.63, 3.8) is 0 Å². The average Bonchev–Trinajstić information content (AvgIpc) is 0.934. The summed E-state index contributed by atoms with van der Waals surface area (Å²) in [6.45, 7) is 105. The number of likely N-dealkylation sites (tertiary alicyclic amines) is 2. The van der Waals surface area contributed by atoms with Gasteiger partial charge in [-0.1, -0.05) is 260 Å². The molecular formula is C98H207N9O2. The molecule has 1 amide bonds. The number of hydrogen-bond acceptors (Lipinski definition) is 10. The van der Waals surface area contributed by atoms with E-state index in [2.05, 4.69) is 309 Å². The summed E-state index contributed by atoms with van der Waals surface area (Å²) in [4.78, 5) is 20.4. The van der Waals surface area contributed by atoms with E-state index >= 15 is 0 Å². The van der Waals surface area contributed by atoms with Crippen LogP contribution in [0, 0.1) is 91.2 Å². The first-order valence-corrected chi connectivity index (χ1v) is 45.0. The van der Waals surface area contributed by atoms with E-state index in [4.69, 9.17) is 17.6 Å². The maximum absolute atomic E-state index is 11.1. The van der Waals surface area contributed by atoms with Gasteiger partial charge in [0.1, 0.15) is 0 Å². The summed E-state index contributed by atoms with van der Waals surface area (Å²) in [6.07, 6.45) is 37.8. The SMILES string of the molecule is C#CCN(C)CCCC(C)(C)C.C#CCNCCCC(C)(C)C.CC(=O)N1CCC(CCC(C)C)CC1.CC(C)(C)CCCN1CCCCC1.CC(C)(C)CCCN1CCOCC1.CC(C)(C)CCCNC(C)(C)C.CC(C)(C)CCNCC(C)(C)C.CC(C)CNCCC(C)(C)C.CC(C)NCCCC(C)(C)C. The van der Waals surface area contributed by atoms with Crippen molar-refractivity contribution in [1.82, 2.24) is 46.2 Å². The molecule has 3 heterocycles. The second-order valence-corrected chi connectivity index (χ2v) is 45.8. The Labute approximate surface area is 689 Å². The number of nitrogens with one attached hydrogen (secondary N) is 5. The zero-order chi connectivity index (χ0) is 85.8. The quantitative estimate of drug-likeness (QED) is 0.0341. The number of carbonyl (C=O) groups is 1. The van der Waals surface area contributed by atoms with Crippen LogP contribution in [0.1, 0.15) is 391 Å². The first-order valence-electron chi connectivity index (χ1n) is 45.0. The molecule has 11 nitrogen and oxygen atoms in total. The first kappa shape index (κ1) is 118. The standard InChI is InChI=1S/C12H23NO.C12H25N.C11H23NO.2C11H25N.C11H21N.2C10H23N.C10H19N/c1-10(2)4-5-12-6-8-13(9-7-12)11(3)14;1-12(2,3)8-7-11-13-9-5-4-6-10-13;1-11(2,3)5-4-6-12-7-9-13-10-8-12;1-10(2,3)7-8-12-9-11(4,5)6;1-10(2,3)8-7-9-12-11(4,5)6;1-6-9-12(5)10-7-8-11(2,3)4;1-9(2)8-11-7-6-10(3,4)5;1-9(2)11-8-6-7-10(3,4)5;1-5-8-11-9-6-7-10(2,3)4/h10,12H,4-9H2,1-3H3;4-11H2,1-3H3;4-10H2,1-3H3;2*12H,7-9H2,1-6H3;1H,7-10H2,2-5H3;2*9,11H,6-8H2,1-5H3;1,11H,6-9H2,2-4H3. The molecule has 0 radical (unpaired) electrons. The van der Waals surface area contributed by atoms with Crippen molar-refractivity contribution >= 4 is 5.91 Å². The summed E-state index contributed by atoms with van der Waals surface area (Å²) in [5, 5.41) is 17.0. The third-order valence-corrected chi connectivity index (χ3v) is 18.6. The predicted octanol–water partition coefficient (Wildman–Crippen LogP) is 24.3. The maximum atomic E-state index is 11.1. The molecule has 3 saturated heterocycles. The highest BCUT2D eigenvalue weighted by Gasteiger charge is 2.22. The minimum atomic E-state index is 0.243. The molecule has 109 heavy (non-hydrogen) atoms. The van der Waals surface area contributed by atoms with Gasteiger partial charge >= 0.3 is 0 Å². The summed E-state index contributed by atoms with van der Waals surface area (Å²) >= 11 is 0. The van der Waals surface area contributed by atoms with E-state index in [1.54, 1.807) is 6.92 Å². The molecule has 656 valence electrons. The Kier molecular flexibility index (Phi) is 70.7. The van der Waals surface area contributed by atoms with Crippen molar-refractivity contribution in [2.45, 2.75) is 403 Å². The molecule has 0 aromatic carbocycles. The van der Waals surface area contributed by atoms with Crippen LogP contribution >= 0.6 is 0 Å². The van der Waals surface area contributed by atoms with Crippen LogP contribution in [0.25, 0.3) is 0 Å². The third-order valence-electron chi connectivity index (χ3n) is 18.6. The molecule has 0 aliphatic carbocycles. The van der Waals surface area contributed by atoms with Crippen LogP contribution in [-0.2, 0) is 9.53 Å². The Morgan fingerprint density at radius 3 is 1.21 bits per heavy atom. The van der Waals surface area contributed by atoms with Crippen LogP contribution in [0.2, 0.25) is 0 Å². The zero-order valence-electron chi connectivity index (χ0n) is 82.1. The van der Waals surface area contributed by atoms with Crippen molar-refractivity contribution in [2.24, 2.45) is 66.5 Å². The highest BCUT2D eigenvalue weighted by atomic mass is 16.5. The number of nitrogens with zero attached hydrogens (tertiary/aromatic N) is 4. The van der Waals surface area contributed by atoms with Gasteiger partial charge in [-0.15, -0.1) is 12.8 Å². The topological polar surface area (TPSA) is 99.4 Å². The van der Waals surface area contributed by atoms with Crippen molar-refractivity contribution in [2.75, 3.05) is 138 Å². The van der Waals surface area contributed by atoms with Gasteiger partial charge in [0, 0.05) is 44.7 Å². The van der Waals surface area contributed by atoms with Gasteiger partial charge in [0.25, 0.3) is 0 Å². The van der Waals surface area contributed by atoms with Gasteiger partial charge in [0.2, 0.25) is 5.91 Å². The minimum absolute atomic E-state index is 0.243. The predicted molar refractivity (Wildman–Crippen MR) is 496 cm³/mol. The fraction of sp³-hybridized carbons (Fsp3) is 0.949. The highest BCUT2D eigenvalue weighted by molar-refractivity contribution is 5.73. The molecular weight excluding hydrogens is 1340 g/mol. The number of hydrogen-bond donors (Lipinski definition) is 5. The van der Waals surface area contributed by atoms with Crippen molar-refractivity contribution in [3.05, 3.63) is 0 Å². The van der Waals surface area contributed by atoms with E-state index in [1.165, 1.54) is 161 Å². The Bertz CT molecular complexity index is 1940. The van der Waals surface area contributed by atoms with Crippen molar-refractivity contribution < 1.29 is 9.53 Å². The zero-order valence-corrected chi connectivity index (χ0v) is 82.1. The molecule has 3 fully saturated rings. The van der Waals surface area contributed by atoms with Gasteiger partial charge in [-0.05, 0) is 288 Å². The number of carbonyl (C=O) groups excluding carboxylic acids is 1. The van der Waals surface area contributed by atoms with Crippen LogP contribution in [0.15, 0.2) is 0 Å².